The number of unbranched alkanes of at least 4 members (excludes halogenated alkanes) is 12. The topological polar surface area (TPSA) is 40.2 Å². The maximum atomic E-state index is 6.66. The molecule has 1 heterocycles. The highest BCUT2D eigenvalue weighted by atomic mass is 16.7. The van der Waals surface area contributed by atoms with E-state index in [4.69, 9.17) is 18.9 Å². The van der Waals surface area contributed by atoms with Crippen LogP contribution in [-0.2, 0) is 18.9 Å². The highest BCUT2D eigenvalue weighted by Crippen LogP contribution is 2.35. The lowest BCUT2D eigenvalue weighted by atomic mass is 9.98. The Labute approximate surface area is 212 Å². The van der Waals surface area contributed by atoms with E-state index >= 15 is 0 Å². The first kappa shape index (κ1) is 31.8. The molecule has 0 N–H and O–H groups in total. The largest absolute Gasteiger partial charge is 0.385 e. The van der Waals surface area contributed by atoms with E-state index in [2.05, 4.69) is 18.7 Å². The number of hydrogen-bond donors (Lipinski definition) is 0. The van der Waals surface area contributed by atoms with Gasteiger partial charge in [-0.05, 0) is 45.2 Å². The van der Waals surface area contributed by atoms with Gasteiger partial charge >= 0.3 is 0 Å². The van der Waals surface area contributed by atoms with E-state index in [1.165, 1.54) is 89.9 Å². The Morgan fingerprint density at radius 1 is 0.676 bits per heavy atom. The first-order chi connectivity index (χ1) is 16.7. The Balaban J connectivity index is 2.32. The number of rotatable bonds is 25. The molecule has 5 nitrogen and oxygen atoms in total. The van der Waals surface area contributed by atoms with Gasteiger partial charge in [0.1, 0.15) is 0 Å². The van der Waals surface area contributed by atoms with E-state index in [0.29, 0.717) is 0 Å². The maximum absolute atomic E-state index is 6.66. The molecular weight excluding hydrogens is 426 g/mol. The summed E-state index contributed by atoms with van der Waals surface area (Å²) in [7, 11) is 3.59. The normalized spacial score (nSPS) is 17.7. The van der Waals surface area contributed by atoms with Crippen LogP contribution in [0.15, 0.2) is 0 Å². The van der Waals surface area contributed by atoms with Gasteiger partial charge in [0.25, 0.3) is 0 Å². The van der Waals surface area contributed by atoms with Gasteiger partial charge in [-0.1, -0.05) is 78.1 Å². The van der Waals surface area contributed by atoms with Crippen molar-refractivity contribution in [3.05, 3.63) is 0 Å². The Kier molecular flexibility index (Phi) is 20.6. The van der Waals surface area contributed by atoms with E-state index in [1.807, 2.05) is 0 Å². The summed E-state index contributed by atoms with van der Waals surface area (Å²) in [5, 5.41) is 0. The highest BCUT2D eigenvalue weighted by molar-refractivity contribution is 4.80. The van der Waals surface area contributed by atoms with Crippen LogP contribution in [0.2, 0.25) is 0 Å². The van der Waals surface area contributed by atoms with Crippen LogP contribution < -0.4 is 0 Å². The molecule has 0 aromatic rings. The van der Waals surface area contributed by atoms with E-state index < -0.39 is 0 Å². The second kappa shape index (κ2) is 22.0. The van der Waals surface area contributed by atoms with Crippen LogP contribution in [0.5, 0.6) is 0 Å². The Hall–Kier alpha value is -0.200. The van der Waals surface area contributed by atoms with Crippen LogP contribution in [0.3, 0.4) is 0 Å². The van der Waals surface area contributed by atoms with Gasteiger partial charge in [-0.15, -0.1) is 0 Å². The average Bonchev–Trinajstić information content (AvgIpc) is 3.26. The second-order valence-corrected chi connectivity index (χ2v) is 10.2. The molecule has 1 atom stereocenters. The van der Waals surface area contributed by atoms with Crippen LogP contribution in [0.1, 0.15) is 123 Å². The van der Waals surface area contributed by atoms with E-state index in [0.717, 1.165) is 58.7 Å². The summed E-state index contributed by atoms with van der Waals surface area (Å²) in [5.74, 6) is -0.315. The second-order valence-electron chi connectivity index (χ2n) is 10.2. The van der Waals surface area contributed by atoms with Gasteiger partial charge in [0.05, 0.1) is 12.7 Å². The minimum Gasteiger partial charge on any atom is -0.385 e. The molecule has 0 aliphatic carbocycles. The Bertz CT molecular complexity index is 408. The third-order valence-corrected chi connectivity index (χ3v) is 7.39. The van der Waals surface area contributed by atoms with Crippen LogP contribution in [0.25, 0.3) is 0 Å². The van der Waals surface area contributed by atoms with Crippen molar-refractivity contribution >= 4 is 0 Å². The van der Waals surface area contributed by atoms with E-state index in [9.17, 15) is 0 Å². The third-order valence-electron chi connectivity index (χ3n) is 7.39. The zero-order valence-corrected chi connectivity index (χ0v) is 23.4. The summed E-state index contributed by atoms with van der Waals surface area (Å²) < 4.78 is 23.4. The third kappa shape index (κ3) is 15.7. The molecule has 1 saturated heterocycles. The van der Waals surface area contributed by atoms with Crippen molar-refractivity contribution in [3.63, 3.8) is 0 Å². The summed E-state index contributed by atoms with van der Waals surface area (Å²) in [6.07, 6.45) is 21.5. The lowest BCUT2D eigenvalue weighted by Crippen LogP contribution is -2.32. The van der Waals surface area contributed by atoms with Crippen LogP contribution >= 0.6 is 0 Å². The van der Waals surface area contributed by atoms with Crippen molar-refractivity contribution in [2.45, 2.75) is 135 Å². The van der Waals surface area contributed by atoms with Crippen molar-refractivity contribution in [2.75, 3.05) is 53.7 Å². The molecule has 0 radical (unpaired) electrons. The molecule has 0 bridgehead atoms. The molecule has 1 aliphatic heterocycles. The molecule has 1 unspecified atom stereocenters. The van der Waals surface area contributed by atoms with Gasteiger partial charge < -0.3 is 23.8 Å². The summed E-state index contributed by atoms with van der Waals surface area (Å²) in [4.78, 5) is 2.49. The molecule has 204 valence electrons. The minimum absolute atomic E-state index is 0.266. The van der Waals surface area contributed by atoms with Crippen molar-refractivity contribution in [1.82, 2.24) is 4.90 Å². The van der Waals surface area contributed by atoms with Crippen molar-refractivity contribution in [1.29, 1.82) is 0 Å². The predicted octanol–water partition coefficient (Wildman–Crippen LogP) is 7.36. The van der Waals surface area contributed by atoms with Gasteiger partial charge in [0.15, 0.2) is 5.79 Å². The van der Waals surface area contributed by atoms with Crippen molar-refractivity contribution < 1.29 is 18.9 Å². The van der Waals surface area contributed by atoms with Crippen LogP contribution in [0.4, 0.5) is 0 Å². The molecule has 0 spiro atoms. The van der Waals surface area contributed by atoms with Crippen LogP contribution in [-0.4, -0.2) is 70.5 Å². The van der Waals surface area contributed by atoms with Crippen LogP contribution in [0, 0.1) is 0 Å². The molecule has 1 rings (SSSR count). The molecule has 0 aromatic carbocycles. The fourth-order valence-corrected chi connectivity index (χ4v) is 5.06. The zero-order chi connectivity index (χ0) is 24.7. The lowest BCUT2D eigenvalue weighted by molar-refractivity contribution is -0.180. The smallest absolute Gasteiger partial charge is 0.168 e. The summed E-state index contributed by atoms with van der Waals surface area (Å²) in [5.41, 5.74) is 0. The molecule has 0 aromatic heterocycles. The molecule has 0 amide bonds. The Morgan fingerprint density at radius 3 is 1.56 bits per heavy atom. The standard InChI is InChI=1S/C29H59NO4/c1-5-30(6-2)24-21-28-27-33-29(34-28,22-17-13-9-7-11-15-19-25-31-3)23-18-14-10-8-12-16-20-26-32-4/h28H,5-27H2,1-4H3. The molecule has 5 heteroatoms. The zero-order valence-electron chi connectivity index (χ0n) is 23.4. The molecule has 1 fully saturated rings. The van der Waals surface area contributed by atoms with Crippen molar-refractivity contribution in [2.24, 2.45) is 0 Å². The maximum Gasteiger partial charge on any atom is 0.168 e. The molecule has 0 saturated carbocycles. The predicted molar refractivity (Wildman–Crippen MR) is 144 cm³/mol. The van der Waals surface area contributed by atoms with E-state index in [-0.39, 0.29) is 11.9 Å². The number of hydrogen-bond acceptors (Lipinski definition) is 5. The Morgan fingerprint density at radius 2 is 1.12 bits per heavy atom. The summed E-state index contributed by atoms with van der Waals surface area (Å²) >= 11 is 0. The highest BCUT2D eigenvalue weighted by Gasteiger charge is 2.40. The van der Waals surface area contributed by atoms with E-state index in [1.54, 1.807) is 14.2 Å². The monoisotopic (exact) mass is 485 g/mol. The molecule has 1 aliphatic rings. The average molecular weight is 486 g/mol. The summed E-state index contributed by atoms with van der Waals surface area (Å²) in [6.45, 7) is 10.4. The lowest BCUT2D eigenvalue weighted by Gasteiger charge is -2.29. The fraction of sp³-hybridized carbons (Fsp3) is 1.00. The first-order valence-electron chi connectivity index (χ1n) is 14.7. The van der Waals surface area contributed by atoms with Gasteiger partial charge in [-0.2, -0.15) is 0 Å². The molecule has 34 heavy (non-hydrogen) atoms. The first-order valence-corrected chi connectivity index (χ1v) is 14.7. The van der Waals surface area contributed by atoms with Gasteiger partial charge in [0.2, 0.25) is 0 Å². The number of methoxy groups -OCH3 is 2. The van der Waals surface area contributed by atoms with Gasteiger partial charge in [-0.25, -0.2) is 0 Å². The number of nitrogens with zero attached hydrogens (tertiary/aromatic N) is 1. The SMILES string of the molecule is CCN(CC)CCC1COC(CCCCCCCCCOC)(CCCCCCCCCOC)O1. The number of ether oxygens (including phenoxy) is 4. The quantitative estimate of drug-likeness (QED) is 0.126. The minimum atomic E-state index is -0.315. The fourth-order valence-electron chi connectivity index (χ4n) is 5.06. The van der Waals surface area contributed by atoms with Crippen molar-refractivity contribution in [3.8, 4) is 0 Å². The van der Waals surface area contributed by atoms with Gasteiger partial charge in [0, 0.05) is 46.8 Å². The molecular formula is C29H59NO4. The van der Waals surface area contributed by atoms with Gasteiger partial charge in [-0.3, -0.25) is 0 Å². The summed E-state index contributed by atoms with van der Waals surface area (Å²) in [6, 6.07) is 0.